The molecule has 0 bridgehead atoms. The largest absolute Gasteiger partial charge is 0.497 e. The van der Waals surface area contributed by atoms with Gasteiger partial charge in [-0.2, -0.15) is 0 Å². The summed E-state index contributed by atoms with van der Waals surface area (Å²) in [6.45, 7) is 0.508. The fourth-order valence-electron chi connectivity index (χ4n) is 2.34. The Morgan fingerprint density at radius 3 is 2.52 bits per heavy atom. The third-order valence-corrected chi connectivity index (χ3v) is 3.47. The van der Waals surface area contributed by atoms with Crippen molar-refractivity contribution >= 4 is 29.1 Å². The van der Waals surface area contributed by atoms with Crippen molar-refractivity contribution in [3.8, 4) is 5.75 Å². The lowest BCUT2D eigenvalue weighted by Crippen LogP contribution is -2.13. The van der Waals surface area contributed by atoms with Gasteiger partial charge in [0.15, 0.2) is 0 Å². The summed E-state index contributed by atoms with van der Waals surface area (Å²) in [5.41, 5.74) is 6.29. The van der Waals surface area contributed by atoms with Gasteiger partial charge in [0.1, 0.15) is 5.75 Å². The van der Waals surface area contributed by atoms with E-state index in [0.717, 1.165) is 22.1 Å². The molecule has 1 atom stereocenters. The third-order valence-electron chi connectivity index (χ3n) is 3.47. The molecule has 0 amide bonds. The number of ether oxygens (including phenoxy) is 1. The van der Waals surface area contributed by atoms with Crippen LogP contribution in [-0.2, 0) is 4.79 Å². The second kappa shape index (κ2) is 7.86. The highest BCUT2D eigenvalue weighted by atomic mass is 35.5. The van der Waals surface area contributed by atoms with Crippen LogP contribution in [0.1, 0.15) is 24.3 Å². The van der Waals surface area contributed by atoms with Crippen molar-refractivity contribution in [2.45, 2.75) is 18.8 Å². The molecule has 0 fully saturated rings. The Hall–Kier alpha value is -1.78. The van der Waals surface area contributed by atoms with Crippen LogP contribution in [0.25, 0.3) is 10.8 Å². The van der Waals surface area contributed by atoms with Crippen LogP contribution < -0.4 is 10.5 Å². The summed E-state index contributed by atoms with van der Waals surface area (Å²) in [5.74, 6) is -0.500. The summed E-state index contributed by atoms with van der Waals surface area (Å²) in [4.78, 5) is 11.4. The molecule has 0 aliphatic rings. The molecule has 2 aromatic carbocycles. The molecule has 0 aliphatic heterocycles. The molecule has 21 heavy (non-hydrogen) atoms. The highest BCUT2D eigenvalue weighted by Gasteiger charge is 2.19. The van der Waals surface area contributed by atoms with Gasteiger partial charge in [0.25, 0.3) is 0 Å². The average Bonchev–Trinajstić information content (AvgIpc) is 2.46. The predicted octanol–water partition coefficient (Wildman–Crippen LogP) is 3.18. The smallest absolute Gasteiger partial charge is 0.310 e. The Morgan fingerprint density at radius 2 is 1.90 bits per heavy atom. The van der Waals surface area contributed by atoms with Gasteiger partial charge in [-0.15, -0.1) is 12.4 Å². The van der Waals surface area contributed by atoms with Crippen LogP contribution in [0.5, 0.6) is 5.75 Å². The van der Waals surface area contributed by atoms with Crippen molar-refractivity contribution in [2.75, 3.05) is 13.7 Å². The lowest BCUT2D eigenvalue weighted by Gasteiger charge is -2.13. The lowest BCUT2D eigenvalue weighted by atomic mass is 9.92. The molecule has 0 saturated carbocycles. The zero-order chi connectivity index (χ0) is 14.5. The van der Waals surface area contributed by atoms with Crippen LogP contribution in [-0.4, -0.2) is 24.7 Å². The van der Waals surface area contributed by atoms with Gasteiger partial charge >= 0.3 is 5.97 Å². The van der Waals surface area contributed by atoms with Gasteiger partial charge in [-0.05, 0) is 47.9 Å². The standard InChI is InChI=1S/C16H19NO3.ClH/c1-20-14-7-6-11-9-13(5-4-12(11)10-14)15(16(18)19)3-2-8-17;/h4-7,9-10,15H,2-3,8,17H2,1H3,(H,18,19);1H/t15-;/m0./s1. The summed E-state index contributed by atoms with van der Waals surface area (Å²) in [6, 6.07) is 11.5. The van der Waals surface area contributed by atoms with Crippen LogP contribution in [0.15, 0.2) is 36.4 Å². The molecule has 5 heteroatoms. The third kappa shape index (κ3) is 4.09. The van der Waals surface area contributed by atoms with E-state index in [1.165, 1.54) is 0 Å². The maximum Gasteiger partial charge on any atom is 0.310 e. The fraction of sp³-hybridized carbons (Fsp3) is 0.312. The quantitative estimate of drug-likeness (QED) is 0.859. The second-order valence-corrected chi connectivity index (χ2v) is 4.79. The zero-order valence-electron chi connectivity index (χ0n) is 11.9. The number of halogens is 1. The van der Waals surface area contributed by atoms with Gasteiger partial charge < -0.3 is 15.6 Å². The van der Waals surface area contributed by atoms with Crippen molar-refractivity contribution in [3.05, 3.63) is 42.0 Å². The molecule has 0 spiro atoms. The van der Waals surface area contributed by atoms with Gasteiger partial charge in [0.2, 0.25) is 0 Å². The minimum absolute atomic E-state index is 0. The molecule has 2 rings (SSSR count). The zero-order valence-corrected chi connectivity index (χ0v) is 12.7. The first-order valence-corrected chi connectivity index (χ1v) is 6.66. The van der Waals surface area contributed by atoms with Crippen LogP contribution in [0.4, 0.5) is 0 Å². The Balaban J connectivity index is 0.00000220. The number of carboxylic acid groups (broad SMARTS) is 1. The van der Waals surface area contributed by atoms with Crippen LogP contribution in [0, 0.1) is 0 Å². The van der Waals surface area contributed by atoms with Gasteiger partial charge in [0, 0.05) is 0 Å². The second-order valence-electron chi connectivity index (χ2n) is 4.79. The average molecular weight is 310 g/mol. The first kappa shape index (κ1) is 17.3. The first-order valence-electron chi connectivity index (χ1n) is 6.66. The number of aliphatic carboxylic acids is 1. The van der Waals surface area contributed by atoms with E-state index >= 15 is 0 Å². The summed E-state index contributed by atoms with van der Waals surface area (Å²) in [6.07, 6.45) is 1.27. The van der Waals surface area contributed by atoms with Crippen molar-refractivity contribution in [1.82, 2.24) is 0 Å². The number of rotatable bonds is 6. The number of hydrogen-bond acceptors (Lipinski definition) is 3. The Labute approximate surface area is 130 Å². The molecule has 3 N–H and O–H groups in total. The van der Waals surface area contributed by atoms with Crippen molar-refractivity contribution < 1.29 is 14.6 Å². The fourth-order valence-corrected chi connectivity index (χ4v) is 2.34. The monoisotopic (exact) mass is 309 g/mol. The number of carbonyl (C=O) groups is 1. The predicted molar refractivity (Wildman–Crippen MR) is 86.4 cm³/mol. The lowest BCUT2D eigenvalue weighted by molar-refractivity contribution is -0.139. The minimum atomic E-state index is -0.800. The molecule has 0 aliphatic carbocycles. The summed E-state index contributed by atoms with van der Waals surface area (Å²) >= 11 is 0. The molecule has 114 valence electrons. The number of hydrogen-bond donors (Lipinski definition) is 2. The van der Waals surface area contributed by atoms with E-state index in [1.807, 2.05) is 36.4 Å². The van der Waals surface area contributed by atoms with E-state index in [2.05, 4.69) is 0 Å². The molecule has 0 radical (unpaired) electrons. The Morgan fingerprint density at radius 1 is 1.24 bits per heavy atom. The maximum absolute atomic E-state index is 11.4. The molecule has 0 saturated heterocycles. The van der Waals surface area contributed by atoms with Crippen LogP contribution in [0.2, 0.25) is 0 Å². The normalized spacial score (nSPS) is 11.7. The number of fused-ring (bicyclic) bond motifs is 1. The minimum Gasteiger partial charge on any atom is -0.497 e. The Bertz CT molecular complexity index is 615. The molecule has 2 aromatic rings. The molecule has 4 nitrogen and oxygen atoms in total. The van der Waals surface area contributed by atoms with Crippen molar-refractivity contribution in [2.24, 2.45) is 5.73 Å². The van der Waals surface area contributed by atoms with E-state index in [0.29, 0.717) is 19.4 Å². The molecular formula is C16H20ClNO3. The molecule has 0 heterocycles. The maximum atomic E-state index is 11.4. The first-order chi connectivity index (χ1) is 9.65. The van der Waals surface area contributed by atoms with Crippen LogP contribution >= 0.6 is 12.4 Å². The summed E-state index contributed by atoms with van der Waals surface area (Å²) in [7, 11) is 1.63. The highest BCUT2D eigenvalue weighted by Crippen LogP contribution is 2.27. The Kier molecular flexibility index (Phi) is 6.46. The SMILES string of the molecule is COc1ccc2cc([C@H](CCCN)C(=O)O)ccc2c1.Cl. The number of methoxy groups -OCH3 is 1. The number of nitrogens with two attached hydrogens (primary N) is 1. The van der Waals surface area contributed by atoms with E-state index in [-0.39, 0.29) is 12.4 Å². The van der Waals surface area contributed by atoms with Crippen LogP contribution in [0.3, 0.4) is 0 Å². The van der Waals surface area contributed by atoms with Gasteiger partial charge in [0.05, 0.1) is 13.0 Å². The van der Waals surface area contributed by atoms with E-state index < -0.39 is 11.9 Å². The topological polar surface area (TPSA) is 72.5 Å². The van der Waals surface area contributed by atoms with Gasteiger partial charge in [-0.3, -0.25) is 4.79 Å². The van der Waals surface area contributed by atoms with E-state index in [9.17, 15) is 9.90 Å². The number of benzene rings is 2. The highest BCUT2D eigenvalue weighted by molar-refractivity contribution is 5.86. The van der Waals surface area contributed by atoms with Gasteiger partial charge in [-0.1, -0.05) is 24.3 Å². The molecule has 0 unspecified atom stereocenters. The van der Waals surface area contributed by atoms with Crippen molar-refractivity contribution in [1.29, 1.82) is 0 Å². The summed E-state index contributed by atoms with van der Waals surface area (Å²) < 4.78 is 5.18. The van der Waals surface area contributed by atoms with E-state index in [4.69, 9.17) is 10.5 Å². The van der Waals surface area contributed by atoms with Gasteiger partial charge in [-0.25, -0.2) is 0 Å². The number of carboxylic acids is 1. The summed E-state index contributed by atoms with van der Waals surface area (Å²) in [5, 5.41) is 11.4. The van der Waals surface area contributed by atoms with Crippen molar-refractivity contribution in [3.63, 3.8) is 0 Å². The molecule has 0 aromatic heterocycles. The molecular weight excluding hydrogens is 290 g/mol. The van der Waals surface area contributed by atoms with E-state index in [1.54, 1.807) is 7.11 Å².